The second kappa shape index (κ2) is 5.74. The Labute approximate surface area is 67.4 Å². The highest BCUT2D eigenvalue weighted by Crippen LogP contribution is 2.10. The number of benzene rings is 1. The van der Waals surface area contributed by atoms with E-state index in [1.165, 1.54) is 0 Å². The van der Waals surface area contributed by atoms with Gasteiger partial charge in [0.05, 0.1) is 0 Å². The summed E-state index contributed by atoms with van der Waals surface area (Å²) in [5, 5.41) is 8.16. The van der Waals surface area contributed by atoms with Crippen molar-refractivity contribution in [2.45, 2.75) is 20.8 Å². The van der Waals surface area contributed by atoms with E-state index in [4.69, 9.17) is 5.26 Å². The van der Waals surface area contributed by atoms with Crippen molar-refractivity contribution < 1.29 is 10.1 Å². The molecule has 1 aromatic rings. The van der Waals surface area contributed by atoms with E-state index in [9.17, 15) is 0 Å². The molecule has 0 bridgehead atoms. The fourth-order valence-corrected chi connectivity index (χ4v) is 0.672. The third-order valence-corrected chi connectivity index (χ3v) is 1.09. The fourth-order valence-electron chi connectivity index (χ4n) is 0.672. The summed E-state index contributed by atoms with van der Waals surface area (Å²) >= 11 is 0. The molecule has 0 aliphatic carbocycles. The maximum absolute atomic E-state index is 8.16. The first-order chi connectivity index (χ1) is 5.33. The number of aryl methyl sites for hydroxylation is 1. The van der Waals surface area contributed by atoms with Crippen molar-refractivity contribution in [3.63, 3.8) is 0 Å². The second-order valence-electron chi connectivity index (χ2n) is 1.91. The molecule has 1 aromatic carbocycles. The van der Waals surface area contributed by atoms with Gasteiger partial charge in [0.25, 0.3) is 0 Å². The van der Waals surface area contributed by atoms with Gasteiger partial charge in [0.1, 0.15) is 0 Å². The van der Waals surface area contributed by atoms with Gasteiger partial charge in [-0.2, -0.15) is 0 Å². The molecule has 1 rings (SSSR count). The van der Waals surface area contributed by atoms with Crippen molar-refractivity contribution >= 4 is 0 Å². The molecule has 0 unspecified atom stereocenters. The molecule has 0 aromatic heterocycles. The highest BCUT2D eigenvalue weighted by molar-refractivity contribution is 5.26. The van der Waals surface area contributed by atoms with Gasteiger partial charge in [-0.05, 0) is 24.6 Å². The molecule has 62 valence electrons. The Kier molecular flexibility index (Phi) is 5.21. The van der Waals surface area contributed by atoms with E-state index in [2.05, 4.69) is 4.89 Å². The Bertz CT molecular complexity index is 197. The lowest BCUT2D eigenvalue weighted by Gasteiger charge is -1.94. The molecule has 0 spiro atoms. The zero-order valence-corrected chi connectivity index (χ0v) is 7.16. The summed E-state index contributed by atoms with van der Waals surface area (Å²) in [7, 11) is 0. The summed E-state index contributed by atoms with van der Waals surface area (Å²) in [5.74, 6) is 0.481. The van der Waals surface area contributed by atoms with Crippen LogP contribution in [0.15, 0.2) is 24.3 Å². The van der Waals surface area contributed by atoms with Crippen molar-refractivity contribution in [1.82, 2.24) is 0 Å². The SMILES string of the molecule is CC.Cc1cccc(OO)c1. The van der Waals surface area contributed by atoms with E-state index in [1.807, 2.05) is 32.9 Å². The minimum atomic E-state index is 0.481. The van der Waals surface area contributed by atoms with Crippen molar-refractivity contribution in [2.75, 3.05) is 0 Å². The molecule has 0 saturated carbocycles. The van der Waals surface area contributed by atoms with Crippen LogP contribution in [-0.2, 0) is 0 Å². The molecule has 11 heavy (non-hydrogen) atoms. The number of hydrogen-bond acceptors (Lipinski definition) is 2. The zero-order valence-electron chi connectivity index (χ0n) is 7.16. The summed E-state index contributed by atoms with van der Waals surface area (Å²) in [6, 6.07) is 7.19. The van der Waals surface area contributed by atoms with Crippen LogP contribution in [0.3, 0.4) is 0 Å². The number of rotatable bonds is 1. The Hall–Kier alpha value is -1.02. The molecule has 0 atom stereocenters. The van der Waals surface area contributed by atoms with Gasteiger partial charge in [-0.25, -0.2) is 5.26 Å². The average molecular weight is 154 g/mol. The van der Waals surface area contributed by atoms with Crippen LogP contribution in [0, 0.1) is 6.92 Å². The highest BCUT2D eigenvalue weighted by atomic mass is 17.1. The smallest absolute Gasteiger partial charge is 0.165 e. The first-order valence-corrected chi connectivity index (χ1v) is 3.71. The lowest BCUT2D eigenvalue weighted by molar-refractivity contribution is -0.137. The lowest BCUT2D eigenvalue weighted by Crippen LogP contribution is -1.82. The summed E-state index contributed by atoms with van der Waals surface area (Å²) in [6.07, 6.45) is 0. The Balaban J connectivity index is 0.000000461. The summed E-state index contributed by atoms with van der Waals surface area (Å²) in [6.45, 7) is 5.93. The monoisotopic (exact) mass is 154 g/mol. The molecule has 0 aliphatic heterocycles. The van der Waals surface area contributed by atoms with E-state index in [-0.39, 0.29) is 0 Å². The van der Waals surface area contributed by atoms with Crippen molar-refractivity contribution in [1.29, 1.82) is 0 Å². The van der Waals surface area contributed by atoms with E-state index < -0.39 is 0 Å². The third kappa shape index (κ3) is 3.63. The quantitative estimate of drug-likeness (QED) is 0.498. The normalized spacial score (nSPS) is 8.00. The van der Waals surface area contributed by atoms with Crippen LogP contribution in [0.5, 0.6) is 5.75 Å². The first-order valence-electron chi connectivity index (χ1n) is 3.71. The van der Waals surface area contributed by atoms with E-state index in [0.717, 1.165) is 5.56 Å². The Morgan fingerprint density at radius 2 is 1.91 bits per heavy atom. The van der Waals surface area contributed by atoms with Gasteiger partial charge in [0.2, 0.25) is 0 Å². The Morgan fingerprint density at radius 3 is 2.27 bits per heavy atom. The standard InChI is InChI=1S/C7H8O2.C2H6/c1-6-3-2-4-7(5-6)9-8;1-2/h2-5,8H,1H3;1-2H3. The van der Waals surface area contributed by atoms with Crippen molar-refractivity contribution in [3.05, 3.63) is 29.8 Å². The minimum absolute atomic E-state index is 0.481. The summed E-state index contributed by atoms with van der Waals surface area (Å²) < 4.78 is 0. The maximum Gasteiger partial charge on any atom is 0.165 e. The third-order valence-electron chi connectivity index (χ3n) is 1.09. The van der Waals surface area contributed by atoms with Gasteiger partial charge < -0.3 is 4.89 Å². The van der Waals surface area contributed by atoms with Gasteiger partial charge in [-0.1, -0.05) is 26.0 Å². The van der Waals surface area contributed by atoms with Gasteiger partial charge in [0, 0.05) is 0 Å². The van der Waals surface area contributed by atoms with Crippen LogP contribution in [0.4, 0.5) is 0 Å². The van der Waals surface area contributed by atoms with E-state index in [1.54, 1.807) is 12.1 Å². The maximum atomic E-state index is 8.16. The van der Waals surface area contributed by atoms with Crippen LogP contribution < -0.4 is 4.89 Å². The van der Waals surface area contributed by atoms with Crippen LogP contribution >= 0.6 is 0 Å². The van der Waals surface area contributed by atoms with Gasteiger partial charge in [0.15, 0.2) is 5.75 Å². The van der Waals surface area contributed by atoms with Crippen LogP contribution in [0.25, 0.3) is 0 Å². The molecule has 0 aliphatic rings. The molecule has 0 fully saturated rings. The summed E-state index contributed by atoms with van der Waals surface area (Å²) in [5.41, 5.74) is 1.07. The molecule has 2 nitrogen and oxygen atoms in total. The van der Waals surface area contributed by atoms with Crippen LogP contribution in [0.2, 0.25) is 0 Å². The first kappa shape index (κ1) is 9.98. The summed E-state index contributed by atoms with van der Waals surface area (Å²) in [4.78, 5) is 4.00. The molecule has 0 heterocycles. The molecule has 0 saturated heterocycles. The van der Waals surface area contributed by atoms with Crippen LogP contribution in [0.1, 0.15) is 19.4 Å². The fraction of sp³-hybridized carbons (Fsp3) is 0.333. The molecule has 2 heteroatoms. The molecule has 0 radical (unpaired) electrons. The van der Waals surface area contributed by atoms with Crippen LogP contribution in [-0.4, -0.2) is 5.26 Å². The zero-order chi connectivity index (χ0) is 8.69. The average Bonchev–Trinajstić information content (AvgIpc) is 2.08. The van der Waals surface area contributed by atoms with E-state index in [0.29, 0.717) is 5.75 Å². The topological polar surface area (TPSA) is 29.5 Å². The predicted octanol–water partition coefficient (Wildman–Crippen LogP) is 2.87. The van der Waals surface area contributed by atoms with Crippen molar-refractivity contribution in [3.8, 4) is 5.75 Å². The predicted molar refractivity (Wildman–Crippen MR) is 45.8 cm³/mol. The Morgan fingerprint density at radius 1 is 1.27 bits per heavy atom. The van der Waals surface area contributed by atoms with E-state index >= 15 is 0 Å². The molecule has 1 N–H and O–H groups in total. The molecular weight excluding hydrogens is 140 g/mol. The minimum Gasteiger partial charge on any atom is -0.340 e. The highest BCUT2D eigenvalue weighted by Gasteiger charge is 1.88. The van der Waals surface area contributed by atoms with Gasteiger partial charge in [-0.3, -0.25) is 0 Å². The van der Waals surface area contributed by atoms with Gasteiger partial charge in [-0.15, -0.1) is 0 Å². The van der Waals surface area contributed by atoms with Gasteiger partial charge >= 0.3 is 0 Å². The lowest BCUT2D eigenvalue weighted by atomic mass is 10.2. The molecular formula is C9H14O2. The number of hydrogen-bond donors (Lipinski definition) is 1. The molecule has 0 amide bonds. The van der Waals surface area contributed by atoms with Crippen molar-refractivity contribution in [2.24, 2.45) is 0 Å². The second-order valence-corrected chi connectivity index (χ2v) is 1.91. The largest absolute Gasteiger partial charge is 0.340 e.